The molecular formula is C14H31N3. The minimum absolute atomic E-state index is 0.0815. The first-order chi connectivity index (χ1) is 7.96. The summed E-state index contributed by atoms with van der Waals surface area (Å²) < 4.78 is 0. The maximum Gasteiger partial charge on any atom is 0.0247 e. The smallest absolute Gasteiger partial charge is 0.0247 e. The van der Waals surface area contributed by atoms with E-state index in [9.17, 15) is 0 Å². The van der Waals surface area contributed by atoms with Gasteiger partial charge in [0.25, 0.3) is 0 Å². The number of likely N-dealkylation sites (tertiary alicyclic amines) is 1. The molecular weight excluding hydrogens is 210 g/mol. The molecule has 1 rings (SSSR count). The molecule has 3 nitrogen and oxygen atoms in total. The lowest BCUT2D eigenvalue weighted by Gasteiger charge is -2.54. The Labute approximate surface area is 107 Å². The molecule has 0 bridgehead atoms. The van der Waals surface area contributed by atoms with Crippen LogP contribution in [0.2, 0.25) is 0 Å². The van der Waals surface area contributed by atoms with E-state index in [-0.39, 0.29) is 17.0 Å². The number of nitrogens with two attached hydrogens (primary N) is 2. The van der Waals surface area contributed by atoms with Crippen LogP contribution in [0.5, 0.6) is 0 Å². The van der Waals surface area contributed by atoms with Crippen molar-refractivity contribution in [2.75, 3.05) is 19.6 Å². The quantitative estimate of drug-likeness (QED) is 0.747. The average molecular weight is 241 g/mol. The van der Waals surface area contributed by atoms with E-state index in [1.54, 1.807) is 0 Å². The van der Waals surface area contributed by atoms with Crippen molar-refractivity contribution in [3.05, 3.63) is 0 Å². The van der Waals surface area contributed by atoms with Crippen molar-refractivity contribution in [2.45, 2.75) is 65.0 Å². The second kappa shape index (κ2) is 5.68. The zero-order valence-electron chi connectivity index (χ0n) is 12.1. The van der Waals surface area contributed by atoms with E-state index < -0.39 is 0 Å². The molecule has 1 aliphatic rings. The normalized spacial score (nSPS) is 26.5. The van der Waals surface area contributed by atoms with Crippen LogP contribution in [0.1, 0.15) is 53.4 Å². The molecule has 1 fully saturated rings. The molecule has 4 N–H and O–H groups in total. The summed E-state index contributed by atoms with van der Waals surface area (Å²) in [6, 6.07) is 0.0815. The molecule has 3 atom stereocenters. The zero-order chi connectivity index (χ0) is 13.1. The van der Waals surface area contributed by atoms with Gasteiger partial charge in [0.1, 0.15) is 0 Å². The topological polar surface area (TPSA) is 55.3 Å². The largest absolute Gasteiger partial charge is 0.329 e. The lowest BCUT2D eigenvalue weighted by atomic mass is 9.63. The predicted octanol–water partition coefficient (Wildman–Crippen LogP) is 1.95. The molecule has 0 amide bonds. The lowest BCUT2D eigenvalue weighted by Crippen LogP contribution is -2.63. The Morgan fingerprint density at radius 3 is 2.00 bits per heavy atom. The van der Waals surface area contributed by atoms with E-state index in [0.717, 1.165) is 12.8 Å². The van der Waals surface area contributed by atoms with Crippen molar-refractivity contribution < 1.29 is 0 Å². The molecule has 0 aromatic rings. The zero-order valence-corrected chi connectivity index (χ0v) is 12.1. The van der Waals surface area contributed by atoms with Crippen molar-refractivity contribution in [2.24, 2.45) is 16.9 Å². The molecule has 0 radical (unpaired) electrons. The summed E-state index contributed by atoms with van der Waals surface area (Å²) in [5, 5.41) is 0. The maximum absolute atomic E-state index is 6.34. The first-order valence-corrected chi connectivity index (χ1v) is 7.17. The van der Waals surface area contributed by atoms with Crippen molar-refractivity contribution in [1.29, 1.82) is 0 Å². The molecule has 3 unspecified atom stereocenters. The summed E-state index contributed by atoms with van der Waals surface area (Å²) in [7, 11) is 0. The van der Waals surface area contributed by atoms with Crippen LogP contribution in [0.4, 0.5) is 0 Å². The highest BCUT2D eigenvalue weighted by molar-refractivity contribution is 5.05. The Hall–Kier alpha value is -0.120. The van der Waals surface area contributed by atoms with Gasteiger partial charge in [0.15, 0.2) is 0 Å². The van der Waals surface area contributed by atoms with Crippen molar-refractivity contribution in [1.82, 2.24) is 4.90 Å². The van der Waals surface area contributed by atoms with Gasteiger partial charge in [-0.15, -0.1) is 0 Å². The van der Waals surface area contributed by atoms with Gasteiger partial charge in [0.05, 0.1) is 0 Å². The standard InChI is InChI=1S/C14H31N3/c1-5-13(3,12(16)11-15)14(4,6-2)17-9-7-8-10-17/h12H,5-11,15-16H2,1-4H3. The van der Waals surface area contributed by atoms with Crippen LogP contribution in [0.3, 0.4) is 0 Å². The molecule has 1 saturated heterocycles. The molecule has 17 heavy (non-hydrogen) atoms. The SMILES string of the molecule is CCC(C)(C(N)CN)C(C)(CC)N1CCCC1. The van der Waals surface area contributed by atoms with Crippen LogP contribution in [-0.2, 0) is 0 Å². The second-order valence-electron chi connectivity index (χ2n) is 5.93. The van der Waals surface area contributed by atoms with E-state index in [2.05, 4.69) is 32.6 Å². The number of hydrogen-bond donors (Lipinski definition) is 2. The molecule has 0 saturated carbocycles. The van der Waals surface area contributed by atoms with Gasteiger partial charge in [0.2, 0.25) is 0 Å². The third-order valence-corrected chi connectivity index (χ3v) is 5.53. The summed E-state index contributed by atoms with van der Waals surface area (Å²) in [5.74, 6) is 0. The molecule has 0 aromatic heterocycles. The summed E-state index contributed by atoms with van der Waals surface area (Å²) in [4.78, 5) is 2.64. The van der Waals surface area contributed by atoms with Gasteiger partial charge in [0, 0.05) is 23.5 Å². The molecule has 1 heterocycles. The van der Waals surface area contributed by atoms with Gasteiger partial charge >= 0.3 is 0 Å². The predicted molar refractivity (Wildman–Crippen MR) is 74.9 cm³/mol. The Morgan fingerprint density at radius 2 is 1.65 bits per heavy atom. The Kier molecular flexibility index (Phi) is 4.99. The van der Waals surface area contributed by atoms with Crippen molar-refractivity contribution in [3.63, 3.8) is 0 Å². The summed E-state index contributed by atoms with van der Waals surface area (Å²) >= 11 is 0. The van der Waals surface area contributed by atoms with E-state index in [4.69, 9.17) is 11.5 Å². The van der Waals surface area contributed by atoms with E-state index >= 15 is 0 Å². The number of rotatable bonds is 6. The van der Waals surface area contributed by atoms with Gasteiger partial charge in [-0.3, -0.25) is 4.90 Å². The van der Waals surface area contributed by atoms with Crippen LogP contribution in [0.25, 0.3) is 0 Å². The fraction of sp³-hybridized carbons (Fsp3) is 1.00. The van der Waals surface area contributed by atoms with Gasteiger partial charge in [-0.05, 0) is 45.7 Å². The van der Waals surface area contributed by atoms with Gasteiger partial charge in [-0.25, -0.2) is 0 Å². The van der Waals surface area contributed by atoms with Crippen LogP contribution < -0.4 is 11.5 Å². The van der Waals surface area contributed by atoms with Gasteiger partial charge in [-0.2, -0.15) is 0 Å². The highest BCUT2D eigenvalue weighted by Crippen LogP contribution is 2.44. The lowest BCUT2D eigenvalue weighted by molar-refractivity contribution is -0.0209. The fourth-order valence-corrected chi connectivity index (χ4v) is 3.50. The summed E-state index contributed by atoms with van der Waals surface area (Å²) in [6.07, 6.45) is 4.89. The van der Waals surface area contributed by atoms with E-state index in [0.29, 0.717) is 6.54 Å². The fourth-order valence-electron chi connectivity index (χ4n) is 3.50. The highest BCUT2D eigenvalue weighted by Gasteiger charge is 2.49. The van der Waals surface area contributed by atoms with E-state index in [1.165, 1.54) is 25.9 Å². The highest BCUT2D eigenvalue weighted by atomic mass is 15.2. The number of nitrogens with zero attached hydrogens (tertiary/aromatic N) is 1. The Morgan fingerprint density at radius 1 is 1.12 bits per heavy atom. The minimum Gasteiger partial charge on any atom is -0.329 e. The first-order valence-electron chi connectivity index (χ1n) is 7.17. The minimum atomic E-state index is 0.0815. The van der Waals surface area contributed by atoms with Crippen LogP contribution in [0, 0.1) is 5.41 Å². The molecule has 102 valence electrons. The van der Waals surface area contributed by atoms with E-state index in [1.807, 2.05) is 0 Å². The van der Waals surface area contributed by atoms with Crippen molar-refractivity contribution in [3.8, 4) is 0 Å². The van der Waals surface area contributed by atoms with Crippen LogP contribution >= 0.6 is 0 Å². The van der Waals surface area contributed by atoms with Crippen LogP contribution in [-0.4, -0.2) is 36.1 Å². The monoisotopic (exact) mass is 241 g/mol. The second-order valence-corrected chi connectivity index (χ2v) is 5.93. The summed E-state index contributed by atoms with van der Waals surface area (Å²) in [5.41, 5.74) is 12.5. The molecule has 0 spiro atoms. The average Bonchev–Trinajstić information content (AvgIpc) is 2.89. The number of hydrogen-bond acceptors (Lipinski definition) is 3. The molecule has 0 aromatic carbocycles. The van der Waals surface area contributed by atoms with Gasteiger partial charge in [-0.1, -0.05) is 20.8 Å². The van der Waals surface area contributed by atoms with Crippen LogP contribution in [0.15, 0.2) is 0 Å². The summed E-state index contributed by atoms with van der Waals surface area (Å²) in [6.45, 7) is 12.3. The van der Waals surface area contributed by atoms with Gasteiger partial charge < -0.3 is 11.5 Å². The van der Waals surface area contributed by atoms with Crippen molar-refractivity contribution >= 4 is 0 Å². The third kappa shape index (κ3) is 2.38. The first kappa shape index (κ1) is 14.9. The molecule has 0 aliphatic carbocycles. The molecule has 1 aliphatic heterocycles. The Balaban J connectivity index is 3.02. The molecule has 3 heteroatoms. The third-order valence-electron chi connectivity index (χ3n) is 5.53. The maximum atomic E-state index is 6.34. The Bertz CT molecular complexity index is 238.